The van der Waals surface area contributed by atoms with Gasteiger partial charge in [0.1, 0.15) is 5.82 Å². The van der Waals surface area contributed by atoms with Crippen LogP contribution in [0.5, 0.6) is 0 Å². The third kappa shape index (κ3) is 2.93. The number of hydrazine groups is 1. The van der Waals surface area contributed by atoms with Crippen LogP contribution in [0.4, 0.5) is 11.8 Å². The Kier molecular flexibility index (Phi) is 3.46. The van der Waals surface area contributed by atoms with Gasteiger partial charge < -0.3 is 5.32 Å². The summed E-state index contributed by atoms with van der Waals surface area (Å²) in [5, 5.41) is 4.43. The first-order valence-corrected chi connectivity index (χ1v) is 6.84. The number of nitrogens with one attached hydrogen (secondary N) is 2. The first-order valence-electron chi connectivity index (χ1n) is 6.84. The van der Waals surface area contributed by atoms with Crippen LogP contribution < -0.4 is 16.6 Å². The summed E-state index contributed by atoms with van der Waals surface area (Å²) in [6, 6.07) is 7.95. The molecule has 2 aromatic rings. The van der Waals surface area contributed by atoms with Crippen molar-refractivity contribution < 1.29 is 0 Å². The normalized spacial score (nSPS) is 14.6. The van der Waals surface area contributed by atoms with Crippen molar-refractivity contribution in [2.75, 3.05) is 17.3 Å². The molecule has 1 aliphatic rings. The van der Waals surface area contributed by atoms with Crippen LogP contribution in [0.15, 0.2) is 24.3 Å². The van der Waals surface area contributed by atoms with Gasteiger partial charge in [0, 0.05) is 11.9 Å². The van der Waals surface area contributed by atoms with Gasteiger partial charge in [-0.3, -0.25) is 5.43 Å². The van der Waals surface area contributed by atoms with E-state index in [1.807, 2.05) is 24.3 Å². The lowest BCUT2D eigenvalue weighted by atomic mass is 10.2. The zero-order valence-electron chi connectivity index (χ0n) is 10.9. The molecule has 0 amide bonds. The molecule has 4 N–H and O–H groups in total. The fraction of sp³-hybridized carbons (Fsp3) is 0.429. The molecular formula is C14H19N5. The highest BCUT2D eigenvalue weighted by atomic mass is 15.3. The molecule has 0 radical (unpaired) electrons. The molecule has 1 heterocycles. The first kappa shape index (κ1) is 12.2. The van der Waals surface area contributed by atoms with E-state index in [0.29, 0.717) is 5.95 Å². The number of rotatable bonds is 6. The third-order valence-corrected chi connectivity index (χ3v) is 3.51. The van der Waals surface area contributed by atoms with Crippen LogP contribution in [0.3, 0.4) is 0 Å². The molecule has 0 aliphatic heterocycles. The monoisotopic (exact) mass is 257 g/mol. The van der Waals surface area contributed by atoms with E-state index in [4.69, 9.17) is 5.84 Å². The lowest BCUT2D eigenvalue weighted by Gasteiger charge is -2.10. The van der Waals surface area contributed by atoms with E-state index in [0.717, 1.165) is 29.2 Å². The van der Waals surface area contributed by atoms with Crippen LogP contribution in [-0.2, 0) is 0 Å². The Morgan fingerprint density at radius 2 is 2.05 bits per heavy atom. The summed E-state index contributed by atoms with van der Waals surface area (Å²) in [7, 11) is 0. The van der Waals surface area contributed by atoms with E-state index >= 15 is 0 Å². The fourth-order valence-electron chi connectivity index (χ4n) is 2.28. The lowest BCUT2D eigenvalue weighted by Crippen LogP contribution is -2.13. The maximum Gasteiger partial charge on any atom is 0.239 e. The van der Waals surface area contributed by atoms with Gasteiger partial charge >= 0.3 is 0 Å². The van der Waals surface area contributed by atoms with E-state index in [-0.39, 0.29) is 0 Å². The van der Waals surface area contributed by atoms with E-state index in [2.05, 4.69) is 20.7 Å². The van der Waals surface area contributed by atoms with E-state index in [9.17, 15) is 0 Å². The Labute approximate surface area is 112 Å². The van der Waals surface area contributed by atoms with Crippen LogP contribution in [0, 0.1) is 5.92 Å². The summed E-state index contributed by atoms with van der Waals surface area (Å²) in [5.41, 5.74) is 3.41. The predicted octanol–water partition coefficient (Wildman–Crippen LogP) is 2.52. The van der Waals surface area contributed by atoms with Crippen molar-refractivity contribution in [3.63, 3.8) is 0 Å². The van der Waals surface area contributed by atoms with Gasteiger partial charge in [0.25, 0.3) is 0 Å². The van der Waals surface area contributed by atoms with Gasteiger partial charge in [-0.05, 0) is 30.9 Å². The Balaban J connectivity index is 1.75. The molecule has 0 unspecified atom stereocenters. The van der Waals surface area contributed by atoms with E-state index < -0.39 is 0 Å². The van der Waals surface area contributed by atoms with Crippen molar-refractivity contribution in [3.8, 4) is 0 Å². The molecule has 0 saturated heterocycles. The van der Waals surface area contributed by atoms with Gasteiger partial charge in [0.05, 0.1) is 5.52 Å². The molecule has 1 saturated carbocycles. The average Bonchev–Trinajstić information content (AvgIpc) is 3.27. The maximum atomic E-state index is 5.41. The number of nitrogens with two attached hydrogens (primary N) is 1. The molecule has 100 valence electrons. The van der Waals surface area contributed by atoms with Gasteiger partial charge in [-0.25, -0.2) is 10.8 Å². The molecule has 0 bridgehead atoms. The quantitative estimate of drug-likeness (QED) is 0.421. The highest BCUT2D eigenvalue weighted by Crippen LogP contribution is 2.33. The molecule has 5 nitrogen and oxygen atoms in total. The van der Waals surface area contributed by atoms with Crippen molar-refractivity contribution in [1.82, 2.24) is 9.97 Å². The average molecular weight is 257 g/mol. The van der Waals surface area contributed by atoms with Crippen LogP contribution >= 0.6 is 0 Å². The van der Waals surface area contributed by atoms with Gasteiger partial charge in [0.15, 0.2) is 0 Å². The number of hydrogen-bond donors (Lipinski definition) is 3. The number of nitrogens with zero attached hydrogens (tertiary/aromatic N) is 2. The standard InChI is InChI=1S/C14H19N5/c15-19-14-17-12-6-2-1-5-11(12)13(18-14)16-9-3-4-10-7-8-10/h1-2,5-6,10H,3-4,7-9,15H2,(H2,16,17,18,19). The smallest absolute Gasteiger partial charge is 0.239 e. The van der Waals surface area contributed by atoms with Crippen LogP contribution in [0.25, 0.3) is 10.9 Å². The first-order chi connectivity index (χ1) is 9.36. The van der Waals surface area contributed by atoms with Crippen molar-refractivity contribution in [1.29, 1.82) is 0 Å². The van der Waals surface area contributed by atoms with Crippen molar-refractivity contribution >= 4 is 22.7 Å². The summed E-state index contributed by atoms with van der Waals surface area (Å²) in [6.07, 6.45) is 5.34. The Hall–Kier alpha value is -1.88. The van der Waals surface area contributed by atoms with Crippen molar-refractivity contribution in [2.24, 2.45) is 11.8 Å². The second-order valence-corrected chi connectivity index (χ2v) is 5.07. The summed E-state index contributed by atoms with van der Waals surface area (Å²) in [5.74, 6) is 7.69. The largest absolute Gasteiger partial charge is 0.369 e. The van der Waals surface area contributed by atoms with Gasteiger partial charge in [-0.15, -0.1) is 0 Å². The molecule has 19 heavy (non-hydrogen) atoms. The van der Waals surface area contributed by atoms with Gasteiger partial charge in [0.2, 0.25) is 5.95 Å². The van der Waals surface area contributed by atoms with Gasteiger partial charge in [-0.1, -0.05) is 25.0 Å². The molecule has 0 atom stereocenters. The van der Waals surface area contributed by atoms with E-state index in [1.54, 1.807) is 0 Å². The zero-order chi connectivity index (χ0) is 13.1. The van der Waals surface area contributed by atoms with Crippen molar-refractivity contribution in [3.05, 3.63) is 24.3 Å². The lowest BCUT2D eigenvalue weighted by molar-refractivity contribution is 0.687. The highest BCUT2D eigenvalue weighted by molar-refractivity contribution is 5.89. The molecule has 3 rings (SSSR count). The molecule has 1 aromatic carbocycles. The zero-order valence-corrected chi connectivity index (χ0v) is 10.9. The molecular weight excluding hydrogens is 238 g/mol. The minimum atomic E-state index is 0.448. The summed E-state index contributed by atoms with van der Waals surface area (Å²) < 4.78 is 0. The summed E-state index contributed by atoms with van der Waals surface area (Å²) in [6.45, 7) is 0.946. The minimum Gasteiger partial charge on any atom is -0.369 e. The topological polar surface area (TPSA) is 75.9 Å². The fourth-order valence-corrected chi connectivity index (χ4v) is 2.28. The molecule has 0 spiro atoms. The SMILES string of the molecule is NNc1nc(NCCCC2CC2)c2ccccc2n1. The number of anilines is 2. The minimum absolute atomic E-state index is 0.448. The number of nitrogen functional groups attached to an aromatic ring is 1. The van der Waals surface area contributed by atoms with Crippen LogP contribution in [0.1, 0.15) is 25.7 Å². The number of para-hydroxylation sites is 1. The maximum absolute atomic E-state index is 5.41. The number of hydrogen-bond acceptors (Lipinski definition) is 5. The van der Waals surface area contributed by atoms with Crippen LogP contribution in [0.2, 0.25) is 0 Å². The number of benzene rings is 1. The number of aromatic nitrogens is 2. The second-order valence-electron chi connectivity index (χ2n) is 5.07. The molecule has 5 heteroatoms. The molecule has 1 aliphatic carbocycles. The van der Waals surface area contributed by atoms with Crippen molar-refractivity contribution in [2.45, 2.75) is 25.7 Å². The number of fused-ring (bicyclic) bond motifs is 1. The predicted molar refractivity (Wildman–Crippen MR) is 77.8 cm³/mol. The Bertz CT molecular complexity index is 565. The van der Waals surface area contributed by atoms with E-state index in [1.165, 1.54) is 25.7 Å². The third-order valence-electron chi connectivity index (χ3n) is 3.51. The van der Waals surface area contributed by atoms with Gasteiger partial charge in [-0.2, -0.15) is 4.98 Å². The second kappa shape index (κ2) is 5.40. The highest BCUT2D eigenvalue weighted by Gasteiger charge is 2.20. The summed E-state index contributed by atoms with van der Waals surface area (Å²) in [4.78, 5) is 8.73. The molecule has 1 aromatic heterocycles. The Morgan fingerprint density at radius 1 is 1.21 bits per heavy atom. The summed E-state index contributed by atoms with van der Waals surface area (Å²) >= 11 is 0. The van der Waals surface area contributed by atoms with Crippen LogP contribution in [-0.4, -0.2) is 16.5 Å². The molecule has 1 fully saturated rings. The Morgan fingerprint density at radius 3 is 2.84 bits per heavy atom.